The maximum Gasteiger partial charge on any atom is 0.491 e. The van der Waals surface area contributed by atoms with Crippen LogP contribution in [0.15, 0.2) is 67.4 Å². The average Bonchev–Trinajstić information content (AvgIpc) is 3.09. The molecule has 0 aliphatic carbocycles. The number of rotatable bonds is 6. The zero-order chi connectivity index (χ0) is 20.2. The number of carbonyl (C=O) groups is 1. The summed E-state index contributed by atoms with van der Waals surface area (Å²) in [7, 11) is -0.900. The quantitative estimate of drug-likeness (QED) is 0.380. The van der Waals surface area contributed by atoms with E-state index in [4.69, 9.17) is 4.65 Å². The van der Waals surface area contributed by atoms with E-state index in [1.807, 2.05) is 24.3 Å². The lowest BCUT2D eigenvalue weighted by Crippen LogP contribution is -2.28. The number of amides is 1. The van der Waals surface area contributed by atoms with E-state index >= 15 is 0 Å². The molecule has 0 radical (unpaired) electrons. The van der Waals surface area contributed by atoms with Crippen LogP contribution in [0.2, 0.25) is 0 Å². The lowest BCUT2D eigenvalue weighted by Gasteiger charge is -2.10. The second kappa shape index (κ2) is 8.13. The summed E-state index contributed by atoms with van der Waals surface area (Å²) >= 11 is 0. The predicted molar refractivity (Wildman–Crippen MR) is 113 cm³/mol. The van der Waals surface area contributed by atoms with E-state index in [9.17, 15) is 9.82 Å². The van der Waals surface area contributed by atoms with Gasteiger partial charge in [-0.3, -0.25) is 4.79 Å². The van der Waals surface area contributed by atoms with E-state index < -0.39 is 7.12 Å². The van der Waals surface area contributed by atoms with Crippen molar-refractivity contribution in [3.63, 3.8) is 0 Å². The summed E-state index contributed by atoms with van der Waals surface area (Å²) in [6.07, 6.45) is 2.84. The van der Waals surface area contributed by atoms with Gasteiger partial charge in [-0.05, 0) is 53.5 Å². The molecule has 144 valence electrons. The van der Waals surface area contributed by atoms with Crippen molar-refractivity contribution in [1.82, 2.24) is 9.97 Å². The van der Waals surface area contributed by atoms with Gasteiger partial charge in [-0.25, -0.2) is 4.98 Å². The first kappa shape index (κ1) is 18.7. The topological polar surface area (TPSA) is 108 Å². The Labute approximate surface area is 167 Å². The van der Waals surface area contributed by atoms with Crippen LogP contribution in [-0.4, -0.2) is 28.0 Å². The molecule has 4 rings (SSSR count). The SMILES string of the molecule is C=CC(=O)Nc1cccc(Nc2nccc(Nc3ccc4c(c3)B(O)OC4)n2)c1. The largest absolute Gasteiger partial charge is 0.491 e. The molecule has 0 spiro atoms. The molecule has 3 aromatic rings. The van der Waals surface area contributed by atoms with Crippen molar-refractivity contribution in [2.75, 3.05) is 16.0 Å². The fourth-order valence-corrected chi connectivity index (χ4v) is 2.93. The number of carbonyl (C=O) groups excluding carboxylic acids is 1. The summed E-state index contributed by atoms with van der Waals surface area (Å²) < 4.78 is 5.22. The summed E-state index contributed by atoms with van der Waals surface area (Å²) in [5.41, 5.74) is 3.86. The van der Waals surface area contributed by atoms with Crippen molar-refractivity contribution in [2.45, 2.75) is 6.61 Å². The van der Waals surface area contributed by atoms with Crippen LogP contribution in [0.1, 0.15) is 5.56 Å². The van der Waals surface area contributed by atoms with E-state index in [1.165, 1.54) is 6.08 Å². The van der Waals surface area contributed by atoms with Crippen LogP contribution in [0.4, 0.5) is 28.8 Å². The maximum absolute atomic E-state index is 11.5. The molecule has 0 atom stereocenters. The van der Waals surface area contributed by atoms with Crippen LogP contribution in [0.3, 0.4) is 0 Å². The molecule has 0 unspecified atom stereocenters. The zero-order valence-electron chi connectivity index (χ0n) is 15.4. The lowest BCUT2D eigenvalue weighted by molar-refractivity contribution is -0.111. The third-order valence-electron chi connectivity index (χ3n) is 4.31. The van der Waals surface area contributed by atoms with Crippen molar-refractivity contribution in [1.29, 1.82) is 0 Å². The van der Waals surface area contributed by atoms with Gasteiger partial charge in [0.25, 0.3) is 0 Å². The van der Waals surface area contributed by atoms with Crippen molar-refractivity contribution in [2.24, 2.45) is 0 Å². The van der Waals surface area contributed by atoms with E-state index in [-0.39, 0.29) is 5.91 Å². The van der Waals surface area contributed by atoms with Gasteiger partial charge >= 0.3 is 7.12 Å². The van der Waals surface area contributed by atoms with Crippen LogP contribution in [0.25, 0.3) is 0 Å². The Morgan fingerprint density at radius 3 is 2.83 bits per heavy atom. The smallest absolute Gasteiger partial charge is 0.423 e. The minimum absolute atomic E-state index is 0.283. The molecule has 8 nitrogen and oxygen atoms in total. The molecule has 2 heterocycles. The molecule has 1 aliphatic heterocycles. The molecule has 4 N–H and O–H groups in total. The van der Waals surface area contributed by atoms with Crippen LogP contribution >= 0.6 is 0 Å². The molecule has 0 saturated heterocycles. The third-order valence-corrected chi connectivity index (χ3v) is 4.31. The van der Waals surface area contributed by atoms with E-state index in [1.54, 1.807) is 30.5 Å². The molecule has 1 aliphatic rings. The first-order valence-electron chi connectivity index (χ1n) is 8.94. The van der Waals surface area contributed by atoms with E-state index in [2.05, 4.69) is 32.5 Å². The van der Waals surface area contributed by atoms with Gasteiger partial charge in [0.2, 0.25) is 11.9 Å². The lowest BCUT2D eigenvalue weighted by atomic mass is 9.79. The number of aromatic nitrogens is 2. The number of hydrogen-bond donors (Lipinski definition) is 4. The Kier molecular flexibility index (Phi) is 5.23. The maximum atomic E-state index is 11.5. The molecule has 29 heavy (non-hydrogen) atoms. The van der Waals surface area contributed by atoms with Crippen LogP contribution < -0.4 is 21.4 Å². The number of anilines is 5. The third kappa shape index (κ3) is 4.42. The molecule has 0 saturated carbocycles. The highest BCUT2D eigenvalue weighted by Crippen LogP contribution is 2.21. The van der Waals surface area contributed by atoms with Crippen molar-refractivity contribution < 1.29 is 14.5 Å². The monoisotopic (exact) mass is 387 g/mol. The Bertz CT molecular complexity index is 1080. The van der Waals surface area contributed by atoms with E-state index in [0.29, 0.717) is 24.1 Å². The Morgan fingerprint density at radius 1 is 1.14 bits per heavy atom. The minimum Gasteiger partial charge on any atom is -0.423 e. The van der Waals surface area contributed by atoms with Crippen LogP contribution in [-0.2, 0) is 16.1 Å². The van der Waals surface area contributed by atoms with Gasteiger partial charge in [-0.1, -0.05) is 18.7 Å². The Balaban J connectivity index is 1.48. The molecular weight excluding hydrogens is 369 g/mol. The number of hydrogen-bond acceptors (Lipinski definition) is 7. The normalized spacial score (nSPS) is 12.2. The van der Waals surface area contributed by atoms with Crippen molar-refractivity contribution in [3.8, 4) is 0 Å². The van der Waals surface area contributed by atoms with Crippen molar-refractivity contribution >= 4 is 47.3 Å². The fraction of sp³-hybridized carbons (Fsp3) is 0.0500. The molecule has 9 heteroatoms. The first-order chi connectivity index (χ1) is 14.1. The predicted octanol–water partition coefficient (Wildman–Crippen LogP) is 2.31. The molecule has 0 bridgehead atoms. The van der Waals surface area contributed by atoms with Crippen molar-refractivity contribution in [3.05, 3.63) is 72.9 Å². The molecule has 0 fully saturated rings. The van der Waals surface area contributed by atoms with Gasteiger partial charge in [0.05, 0.1) is 6.61 Å². The standard InChI is InChI=1S/C20H18BN5O3/c1-2-19(27)24-14-4-3-5-15(10-14)25-20-22-9-8-18(26-20)23-16-7-6-13-12-29-21(28)17(13)11-16/h2-11,28H,1,12H2,(H,24,27)(H2,22,23,25,26). The summed E-state index contributed by atoms with van der Waals surface area (Å²) in [6.45, 7) is 3.85. The Morgan fingerprint density at radius 2 is 1.97 bits per heavy atom. The highest BCUT2D eigenvalue weighted by atomic mass is 16.5. The van der Waals surface area contributed by atoms with Gasteiger partial charge in [-0.15, -0.1) is 0 Å². The molecule has 1 aromatic heterocycles. The summed E-state index contributed by atoms with van der Waals surface area (Å²) in [6, 6.07) is 14.6. The second-order valence-corrected chi connectivity index (χ2v) is 6.37. The average molecular weight is 387 g/mol. The highest BCUT2D eigenvalue weighted by Gasteiger charge is 2.27. The summed E-state index contributed by atoms with van der Waals surface area (Å²) in [4.78, 5) is 20.1. The van der Waals surface area contributed by atoms with E-state index in [0.717, 1.165) is 22.4 Å². The van der Waals surface area contributed by atoms with Gasteiger partial charge < -0.3 is 25.6 Å². The summed E-state index contributed by atoms with van der Waals surface area (Å²) in [5, 5.41) is 18.9. The van der Waals surface area contributed by atoms with Crippen LogP contribution in [0.5, 0.6) is 0 Å². The fourth-order valence-electron chi connectivity index (χ4n) is 2.93. The van der Waals surface area contributed by atoms with Gasteiger partial charge in [0, 0.05) is 23.3 Å². The number of nitrogens with one attached hydrogen (secondary N) is 3. The van der Waals surface area contributed by atoms with Gasteiger partial charge in [-0.2, -0.15) is 4.98 Å². The van der Waals surface area contributed by atoms with Gasteiger partial charge in [0.1, 0.15) is 5.82 Å². The highest BCUT2D eigenvalue weighted by molar-refractivity contribution is 6.61. The van der Waals surface area contributed by atoms with Gasteiger partial charge in [0.15, 0.2) is 0 Å². The first-order valence-corrected chi connectivity index (χ1v) is 8.94. The zero-order valence-corrected chi connectivity index (χ0v) is 15.4. The number of nitrogens with zero attached hydrogens (tertiary/aromatic N) is 2. The van der Waals surface area contributed by atoms with Crippen LogP contribution in [0, 0.1) is 0 Å². The number of benzene rings is 2. The molecule has 2 aromatic carbocycles. The molecular formula is C20H18BN5O3. The minimum atomic E-state index is -0.900. The Hall–Kier alpha value is -3.69. The second-order valence-electron chi connectivity index (χ2n) is 6.37. The number of fused-ring (bicyclic) bond motifs is 1. The summed E-state index contributed by atoms with van der Waals surface area (Å²) in [5.74, 6) is 0.702. The molecule has 1 amide bonds.